The topological polar surface area (TPSA) is 306 Å². The van der Waals surface area contributed by atoms with E-state index in [4.69, 9.17) is 33.5 Å². The summed E-state index contributed by atoms with van der Waals surface area (Å²) < 4.78 is 32.5. The second kappa shape index (κ2) is 14.4. The Hall–Kier alpha value is -0.720. The Morgan fingerprint density at radius 3 is 1.41 bits per heavy atom. The Morgan fingerprint density at radius 2 is 0.949 bits per heavy atom. The third-order valence-electron chi connectivity index (χ3n) is 6.83. The van der Waals surface area contributed by atoms with E-state index in [1.807, 2.05) is 0 Å². The van der Waals surface area contributed by atoms with Crippen LogP contribution in [0, 0.1) is 0 Å². The normalized spacial score (nSPS) is 48.2. The summed E-state index contributed by atoms with van der Waals surface area (Å²) in [5.41, 5.74) is 3.61. The molecular formula is C21H40NO17+. The van der Waals surface area contributed by atoms with Crippen molar-refractivity contribution in [2.24, 2.45) is 0 Å². The highest BCUT2D eigenvalue weighted by Crippen LogP contribution is 2.32. The summed E-state index contributed by atoms with van der Waals surface area (Å²) in [4.78, 5) is 0. The zero-order valence-electron chi connectivity index (χ0n) is 20.8. The number of quaternary nitrogens is 1. The zero-order chi connectivity index (χ0) is 29.0. The van der Waals surface area contributed by atoms with Gasteiger partial charge in [-0.15, -0.1) is 0 Å². The Balaban J connectivity index is 1.68. The minimum Gasteiger partial charge on any atom is -0.394 e. The first-order valence-corrected chi connectivity index (χ1v) is 12.4. The van der Waals surface area contributed by atoms with Gasteiger partial charge in [0.05, 0.1) is 26.4 Å². The lowest BCUT2D eigenvalue weighted by molar-refractivity contribution is -0.440. The average molecular weight is 579 g/mol. The van der Waals surface area contributed by atoms with Gasteiger partial charge in [0, 0.05) is 0 Å². The molecule has 230 valence electrons. The van der Waals surface area contributed by atoms with Crippen molar-refractivity contribution in [1.82, 2.24) is 0 Å². The van der Waals surface area contributed by atoms with Crippen LogP contribution in [-0.4, -0.2) is 187 Å². The second-order valence-electron chi connectivity index (χ2n) is 9.69. The summed E-state index contributed by atoms with van der Waals surface area (Å²) >= 11 is 0. The molecule has 0 radical (unpaired) electrons. The number of rotatable bonds is 11. The maximum atomic E-state index is 10.7. The molecular weight excluding hydrogens is 538 g/mol. The molecule has 18 nitrogen and oxygen atoms in total. The van der Waals surface area contributed by atoms with Crippen molar-refractivity contribution in [1.29, 1.82) is 0 Å². The van der Waals surface area contributed by atoms with E-state index in [0.29, 0.717) is 0 Å². The van der Waals surface area contributed by atoms with Crippen molar-refractivity contribution in [3.63, 3.8) is 0 Å². The molecule has 0 bridgehead atoms. The highest BCUT2D eigenvalue weighted by molar-refractivity contribution is 4.96. The van der Waals surface area contributed by atoms with Gasteiger partial charge < -0.3 is 90.3 Å². The van der Waals surface area contributed by atoms with E-state index in [1.165, 1.54) is 0 Å². The summed E-state index contributed by atoms with van der Waals surface area (Å²) in [6, 6.07) is -0.555. The number of hydrogen-bond donors (Lipinski definition) is 12. The van der Waals surface area contributed by atoms with Gasteiger partial charge in [-0.3, -0.25) is 0 Å². The van der Waals surface area contributed by atoms with Crippen LogP contribution in [0.15, 0.2) is 0 Å². The van der Waals surface area contributed by atoms with Gasteiger partial charge in [-0.25, -0.2) is 0 Å². The molecule has 0 unspecified atom stereocenters. The fourth-order valence-corrected chi connectivity index (χ4v) is 4.46. The van der Waals surface area contributed by atoms with Crippen molar-refractivity contribution in [2.45, 2.75) is 98.2 Å². The minimum atomic E-state index is -1.92. The Morgan fingerprint density at radius 1 is 0.538 bits per heavy atom. The largest absolute Gasteiger partial charge is 0.394 e. The first-order chi connectivity index (χ1) is 18.5. The first-order valence-electron chi connectivity index (χ1n) is 12.4. The van der Waals surface area contributed by atoms with Crippen molar-refractivity contribution in [3.05, 3.63) is 0 Å². The van der Waals surface area contributed by atoms with E-state index in [2.05, 4.69) is 5.73 Å². The molecule has 0 saturated carbocycles. The monoisotopic (exact) mass is 578 g/mol. The number of ether oxygens (including phenoxy) is 6. The highest BCUT2D eigenvalue weighted by Gasteiger charge is 2.53. The first kappa shape index (κ1) is 32.8. The molecule has 3 fully saturated rings. The molecule has 0 aliphatic carbocycles. The van der Waals surface area contributed by atoms with E-state index < -0.39 is 118 Å². The number of aliphatic hydroxyl groups is 11. The molecule has 0 aromatic carbocycles. The van der Waals surface area contributed by atoms with Gasteiger partial charge in [-0.05, 0) is 0 Å². The van der Waals surface area contributed by atoms with Gasteiger partial charge in [0.2, 0.25) is 0 Å². The molecule has 16 atom stereocenters. The predicted octanol–water partition coefficient (Wildman–Crippen LogP) is -8.95. The molecule has 0 spiro atoms. The lowest BCUT2D eigenvalue weighted by Crippen LogP contribution is -2.67. The summed E-state index contributed by atoms with van der Waals surface area (Å²) in [6.45, 7) is -2.76. The summed E-state index contributed by atoms with van der Waals surface area (Å²) in [6.07, 6.45) is -24.6. The lowest BCUT2D eigenvalue weighted by atomic mass is 9.96. The van der Waals surface area contributed by atoms with Gasteiger partial charge in [0.25, 0.3) is 0 Å². The van der Waals surface area contributed by atoms with Crippen molar-refractivity contribution < 1.29 is 90.3 Å². The van der Waals surface area contributed by atoms with Crippen LogP contribution in [0.2, 0.25) is 0 Å². The van der Waals surface area contributed by atoms with Gasteiger partial charge in [0.15, 0.2) is 18.9 Å². The molecule has 0 aromatic rings. The van der Waals surface area contributed by atoms with Crippen LogP contribution in [0.3, 0.4) is 0 Å². The highest BCUT2D eigenvalue weighted by atomic mass is 16.8. The van der Waals surface area contributed by atoms with E-state index in [1.54, 1.807) is 0 Å². The standard InChI is InChI=1S/C21H39NO17/c22-6(1-23)5-34-19-15(32)12(29)17(8(3-25)36-19)39-21-16(33)13(30)18(9(4-26)37-21)38-20-14(31)11(28)10(27)7(2-24)35-20/h6-21,23-33H,1-5,22H2/p+1/t6-,7-,8-,9-,10+,11+,12-,13-,14-,15-,16-,17-,18+,19-,20-,21+/m1/s1. The number of aliphatic hydroxyl groups excluding tert-OH is 11. The molecule has 3 heterocycles. The second-order valence-corrected chi connectivity index (χ2v) is 9.69. The van der Waals surface area contributed by atoms with Crippen molar-refractivity contribution >= 4 is 0 Å². The fourth-order valence-electron chi connectivity index (χ4n) is 4.46. The smallest absolute Gasteiger partial charge is 0.187 e. The van der Waals surface area contributed by atoms with Crippen LogP contribution in [0.5, 0.6) is 0 Å². The molecule has 14 N–H and O–H groups in total. The van der Waals surface area contributed by atoms with Crippen LogP contribution in [0.4, 0.5) is 0 Å². The SMILES string of the molecule is [NH3+][C@H](CO)CO[C@@H]1O[C@H](CO)[C@@H](O[C@@H]2O[C@H](CO)[C@H](O[C@H]3O[C@H](CO)[C@H](O)[C@H](O)[C@H]3O)[C@H](O)[C@H]2O)[C@H](O)[C@H]1O. The predicted molar refractivity (Wildman–Crippen MR) is 119 cm³/mol. The molecule has 0 amide bonds. The third kappa shape index (κ3) is 7.20. The van der Waals surface area contributed by atoms with Crippen LogP contribution in [-0.2, 0) is 28.4 Å². The van der Waals surface area contributed by atoms with Gasteiger partial charge in [-0.1, -0.05) is 0 Å². The van der Waals surface area contributed by atoms with Crippen molar-refractivity contribution in [2.75, 3.05) is 33.0 Å². The fraction of sp³-hybridized carbons (Fsp3) is 1.00. The maximum Gasteiger partial charge on any atom is 0.187 e. The summed E-state index contributed by atoms with van der Waals surface area (Å²) in [5.74, 6) is 0. The van der Waals surface area contributed by atoms with E-state index >= 15 is 0 Å². The quantitative estimate of drug-likeness (QED) is 0.108. The summed E-state index contributed by atoms with van der Waals surface area (Å²) in [5, 5.41) is 111. The Kier molecular flexibility index (Phi) is 12.1. The molecule has 18 heteroatoms. The van der Waals surface area contributed by atoms with Crippen LogP contribution < -0.4 is 5.73 Å². The van der Waals surface area contributed by atoms with Crippen LogP contribution >= 0.6 is 0 Å². The molecule has 3 aliphatic rings. The molecule has 39 heavy (non-hydrogen) atoms. The van der Waals surface area contributed by atoms with E-state index in [9.17, 15) is 51.1 Å². The Bertz CT molecular complexity index is 733. The lowest BCUT2D eigenvalue weighted by Gasteiger charge is -2.48. The summed E-state index contributed by atoms with van der Waals surface area (Å²) in [7, 11) is 0. The number of hydrogen-bond acceptors (Lipinski definition) is 17. The Labute approximate surface area is 222 Å². The molecule has 3 rings (SSSR count). The van der Waals surface area contributed by atoms with Gasteiger partial charge in [0.1, 0.15) is 85.9 Å². The van der Waals surface area contributed by atoms with E-state index in [0.717, 1.165) is 0 Å². The third-order valence-corrected chi connectivity index (χ3v) is 6.83. The van der Waals surface area contributed by atoms with Crippen LogP contribution in [0.1, 0.15) is 0 Å². The average Bonchev–Trinajstić information content (AvgIpc) is 2.94. The van der Waals surface area contributed by atoms with Crippen LogP contribution in [0.25, 0.3) is 0 Å². The molecule has 3 saturated heterocycles. The zero-order valence-corrected chi connectivity index (χ0v) is 20.8. The van der Waals surface area contributed by atoms with Crippen molar-refractivity contribution in [3.8, 4) is 0 Å². The molecule has 3 aliphatic heterocycles. The maximum absolute atomic E-state index is 10.7. The minimum absolute atomic E-state index is 0.140. The van der Waals surface area contributed by atoms with Gasteiger partial charge in [-0.2, -0.15) is 0 Å². The van der Waals surface area contributed by atoms with E-state index in [-0.39, 0.29) is 13.2 Å². The van der Waals surface area contributed by atoms with Gasteiger partial charge >= 0.3 is 0 Å². The molecule has 0 aromatic heterocycles.